The lowest BCUT2D eigenvalue weighted by Crippen LogP contribution is -2.41. The van der Waals surface area contributed by atoms with Crippen LogP contribution >= 0.6 is 15.9 Å². The minimum absolute atomic E-state index is 0.00790. The molecule has 0 aromatic heterocycles. The van der Waals surface area contributed by atoms with E-state index in [9.17, 15) is 8.42 Å². The fourth-order valence-electron chi connectivity index (χ4n) is 2.76. The van der Waals surface area contributed by atoms with Crippen LogP contribution in [-0.4, -0.2) is 21.6 Å². The van der Waals surface area contributed by atoms with Crippen molar-refractivity contribution in [1.29, 1.82) is 0 Å². The van der Waals surface area contributed by atoms with Crippen LogP contribution in [0.2, 0.25) is 0 Å². The van der Waals surface area contributed by atoms with E-state index in [4.69, 9.17) is 4.74 Å². The molecule has 0 spiro atoms. The van der Waals surface area contributed by atoms with E-state index >= 15 is 0 Å². The highest BCUT2D eigenvalue weighted by Crippen LogP contribution is 2.32. The van der Waals surface area contributed by atoms with Crippen molar-refractivity contribution >= 4 is 26.0 Å². The Morgan fingerprint density at radius 1 is 1.29 bits per heavy atom. The Hall–Kier alpha value is -0.590. The molecule has 0 saturated heterocycles. The Morgan fingerprint density at radius 2 is 1.95 bits per heavy atom. The molecule has 1 saturated carbocycles. The van der Waals surface area contributed by atoms with Gasteiger partial charge in [-0.3, -0.25) is 0 Å². The maximum absolute atomic E-state index is 12.7. The Morgan fingerprint density at radius 3 is 2.57 bits per heavy atom. The lowest BCUT2D eigenvalue weighted by molar-refractivity contribution is 0.310. The molecule has 0 amide bonds. The van der Waals surface area contributed by atoms with Gasteiger partial charge in [0.2, 0.25) is 10.0 Å². The van der Waals surface area contributed by atoms with Gasteiger partial charge in [0.25, 0.3) is 0 Å². The van der Waals surface area contributed by atoms with Crippen molar-refractivity contribution in [2.75, 3.05) is 7.11 Å². The minimum Gasteiger partial charge on any atom is -0.495 e. The molecule has 0 heterocycles. The van der Waals surface area contributed by atoms with Crippen LogP contribution in [-0.2, 0) is 10.0 Å². The second-order valence-corrected chi connectivity index (χ2v) is 8.28. The summed E-state index contributed by atoms with van der Waals surface area (Å²) in [5.41, 5.74) is 0.942. The van der Waals surface area contributed by atoms with Gasteiger partial charge in [0.05, 0.1) is 7.11 Å². The summed E-state index contributed by atoms with van der Waals surface area (Å²) in [4.78, 5) is 0.195. The van der Waals surface area contributed by atoms with Gasteiger partial charge < -0.3 is 4.74 Å². The van der Waals surface area contributed by atoms with E-state index in [1.165, 1.54) is 13.5 Å². The van der Waals surface area contributed by atoms with E-state index in [1.54, 1.807) is 12.1 Å². The number of halogens is 1. The number of ether oxygens (including phenoxy) is 1. The zero-order valence-electron chi connectivity index (χ0n) is 12.6. The van der Waals surface area contributed by atoms with Crippen LogP contribution < -0.4 is 9.46 Å². The van der Waals surface area contributed by atoms with Crippen LogP contribution in [0.15, 0.2) is 21.5 Å². The molecular formula is C15H22BrNO3S. The van der Waals surface area contributed by atoms with Crippen molar-refractivity contribution in [2.24, 2.45) is 5.92 Å². The van der Waals surface area contributed by atoms with E-state index in [0.717, 1.165) is 29.3 Å². The summed E-state index contributed by atoms with van der Waals surface area (Å²) in [5, 5.41) is 0. The molecule has 2 rings (SSSR count). The van der Waals surface area contributed by atoms with Gasteiger partial charge in [0.15, 0.2) is 0 Å². The van der Waals surface area contributed by atoms with Gasteiger partial charge in [-0.2, -0.15) is 0 Å². The van der Waals surface area contributed by atoms with Gasteiger partial charge >= 0.3 is 0 Å². The van der Waals surface area contributed by atoms with Crippen molar-refractivity contribution < 1.29 is 13.2 Å². The highest BCUT2D eigenvalue weighted by atomic mass is 79.9. The Labute approximate surface area is 135 Å². The summed E-state index contributed by atoms with van der Waals surface area (Å²) < 4.78 is 34.2. The van der Waals surface area contributed by atoms with Crippen LogP contribution in [0, 0.1) is 12.8 Å². The molecule has 1 aromatic rings. The second kappa shape index (κ2) is 6.67. The molecule has 1 aromatic carbocycles. The van der Waals surface area contributed by atoms with Gasteiger partial charge in [-0.25, -0.2) is 13.1 Å². The number of aryl methyl sites for hydroxylation is 1. The number of hydrogen-bond acceptors (Lipinski definition) is 3. The summed E-state index contributed by atoms with van der Waals surface area (Å²) in [6.45, 7) is 4.01. The Bertz CT molecular complexity index is 616. The van der Waals surface area contributed by atoms with Crippen molar-refractivity contribution in [3.63, 3.8) is 0 Å². The van der Waals surface area contributed by atoms with E-state index in [1.807, 2.05) is 6.92 Å². The molecular weight excluding hydrogens is 354 g/mol. The predicted molar refractivity (Wildman–Crippen MR) is 87.2 cm³/mol. The predicted octanol–water partition coefficient (Wildman–Crippen LogP) is 3.62. The maximum Gasteiger partial charge on any atom is 0.244 e. The third kappa shape index (κ3) is 3.79. The number of hydrogen-bond donors (Lipinski definition) is 1. The number of nitrogens with one attached hydrogen (secondary N) is 1. The van der Waals surface area contributed by atoms with Gasteiger partial charge in [-0.05, 0) is 43.4 Å². The molecule has 1 N–H and O–H groups in total. The van der Waals surface area contributed by atoms with Crippen LogP contribution in [0.5, 0.6) is 5.75 Å². The van der Waals surface area contributed by atoms with E-state index in [-0.39, 0.29) is 10.9 Å². The molecule has 118 valence electrons. The summed E-state index contributed by atoms with van der Waals surface area (Å²) in [7, 11) is -2.09. The molecule has 6 heteroatoms. The normalized spacial score (nSPS) is 23.0. The highest BCUT2D eigenvalue weighted by molar-refractivity contribution is 9.10. The first kappa shape index (κ1) is 16.8. The maximum atomic E-state index is 12.7. The molecule has 1 aliphatic carbocycles. The zero-order valence-corrected chi connectivity index (χ0v) is 15.1. The third-order valence-corrected chi connectivity index (χ3v) is 6.52. The van der Waals surface area contributed by atoms with E-state index in [0.29, 0.717) is 11.7 Å². The van der Waals surface area contributed by atoms with Crippen LogP contribution in [0.3, 0.4) is 0 Å². The smallest absolute Gasteiger partial charge is 0.244 e. The number of methoxy groups -OCH3 is 1. The van der Waals surface area contributed by atoms with Crippen LogP contribution in [0.4, 0.5) is 0 Å². The number of benzene rings is 1. The minimum atomic E-state index is -3.58. The Balaban J connectivity index is 2.33. The lowest BCUT2D eigenvalue weighted by Gasteiger charge is -2.29. The molecule has 21 heavy (non-hydrogen) atoms. The molecule has 1 fully saturated rings. The van der Waals surface area contributed by atoms with E-state index in [2.05, 4.69) is 27.6 Å². The summed E-state index contributed by atoms with van der Waals surface area (Å²) >= 11 is 3.39. The third-order valence-electron chi connectivity index (χ3n) is 4.15. The lowest BCUT2D eigenvalue weighted by atomic mass is 9.87. The first-order chi connectivity index (χ1) is 9.85. The molecule has 0 bridgehead atoms. The zero-order chi connectivity index (χ0) is 15.6. The van der Waals surface area contributed by atoms with Crippen molar-refractivity contribution in [2.45, 2.75) is 50.5 Å². The van der Waals surface area contributed by atoms with Crippen LogP contribution in [0.1, 0.15) is 38.2 Å². The number of rotatable bonds is 4. The molecule has 0 aliphatic heterocycles. The largest absolute Gasteiger partial charge is 0.495 e. The fourth-order valence-corrected chi connectivity index (χ4v) is 4.81. The molecule has 2 atom stereocenters. The van der Waals surface area contributed by atoms with Gasteiger partial charge in [-0.1, -0.05) is 35.7 Å². The van der Waals surface area contributed by atoms with Crippen molar-refractivity contribution in [3.8, 4) is 5.75 Å². The summed E-state index contributed by atoms with van der Waals surface area (Å²) in [5.74, 6) is 0.750. The van der Waals surface area contributed by atoms with Gasteiger partial charge in [0, 0.05) is 10.5 Å². The molecule has 0 unspecified atom stereocenters. The van der Waals surface area contributed by atoms with Gasteiger partial charge in [0.1, 0.15) is 10.6 Å². The monoisotopic (exact) mass is 375 g/mol. The van der Waals surface area contributed by atoms with Crippen LogP contribution in [0.25, 0.3) is 0 Å². The van der Waals surface area contributed by atoms with E-state index < -0.39 is 10.0 Å². The van der Waals surface area contributed by atoms with Crippen molar-refractivity contribution in [3.05, 3.63) is 22.2 Å². The topological polar surface area (TPSA) is 55.4 Å². The second-order valence-electron chi connectivity index (χ2n) is 5.74. The van der Waals surface area contributed by atoms with Gasteiger partial charge in [-0.15, -0.1) is 0 Å². The summed E-state index contributed by atoms with van der Waals surface area (Å²) in [6.07, 6.45) is 4.22. The van der Waals surface area contributed by atoms with Crippen molar-refractivity contribution in [1.82, 2.24) is 4.72 Å². The standard InChI is InChI=1S/C15H22BrNO3S/c1-10-6-4-5-7-13(10)17-21(18,19)15-9-12(16)11(2)8-14(15)20-3/h8-10,13,17H,4-7H2,1-3H3/t10-,13-/m1/s1. The molecule has 1 aliphatic rings. The SMILES string of the molecule is COc1cc(C)c(Br)cc1S(=O)(=O)N[C@@H]1CCCC[C@H]1C. The Kier molecular flexibility index (Phi) is 5.33. The first-order valence-electron chi connectivity index (χ1n) is 7.21. The average molecular weight is 376 g/mol. The fraction of sp³-hybridized carbons (Fsp3) is 0.600. The molecule has 4 nitrogen and oxygen atoms in total. The molecule has 0 radical (unpaired) electrons. The summed E-state index contributed by atoms with van der Waals surface area (Å²) in [6, 6.07) is 3.36. The average Bonchev–Trinajstić information content (AvgIpc) is 2.43. The number of sulfonamides is 1. The highest BCUT2D eigenvalue weighted by Gasteiger charge is 2.29. The first-order valence-corrected chi connectivity index (χ1v) is 9.49. The quantitative estimate of drug-likeness (QED) is 0.873.